The van der Waals surface area contributed by atoms with Gasteiger partial charge in [-0.3, -0.25) is 4.79 Å². The SMILES string of the molecule is COc1ccc(C(NC(=O)CNC(=O)NCc2ccccc2)C2CC2)cc1. The predicted octanol–water partition coefficient (Wildman–Crippen LogP) is 2.76. The molecule has 0 radical (unpaired) electrons. The van der Waals surface area contributed by atoms with Gasteiger partial charge in [0.2, 0.25) is 5.91 Å². The average molecular weight is 367 g/mol. The van der Waals surface area contributed by atoms with Gasteiger partial charge in [-0.25, -0.2) is 4.79 Å². The lowest BCUT2D eigenvalue weighted by atomic mass is 10.0. The van der Waals surface area contributed by atoms with Crippen LogP contribution in [0.4, 0.5) is 4.79 Å². The highest BCUT2D eigenvalue weighted by atomic mass is 16.5. The largest absolute Gasteiger partial charge is 0.497 e. The van der Waals surface area contributed by atoms with Crippen LogP contribution in [-0.2, 0) is 11.3 Å². The molecule has 1 aliphatic carbocycles. The van der Waals surface area contributed by atoms with Crippen molar-refractivity contribution in [3.63, 3.8) is 0 Å². The summed E-state index contributed by atoms with van der Waals surface area (Å²) in [7, 11) is 1.63. The number of carbonyl (C=O) groups excluding carboxylic acids is 2. The molecule has 2 aromatic carbocycles. The molecule has 142 valence electrons. The maximum absolute atomic E-state index is 12.3. The fraction of sp³-hybridized carbons (Fsp3) is 0.333. The summed E-state index contributed by atoms with van der Waals surface area (Å²) in [6.07, 6.45) is 2.20. The maximum Gasteiger partial charge on any atom is 0.315 e. The second-order valence-electron chi connectivity index (χ2n) is 6.68. The fourth-order valence-corrected chi connectivity index (χ4v) is 2.94. The van der Waals surface area contributed by atoms with Crippen molar-refractivity contribution in [2.75, 3.05) is 13.7 Å². The smallest absolute Gasteiger partial charge is 0.315 e. The molecule has 0 saturated heterocycles. The van der Waals surface area contributed by atoms with Gasteiger partial charge in [0.25, 0.3) is 0 Å². The summed E-state index contributed by atoms with van der Waals surface area (Å²) in [4.78, 5) is 24.2. The van der Waals surface area contributed by atoms with Crippen LogP contribution >= 0.6 is 0 Å². The van der Waals surface area contributed by atoms with E-state index in [1.54, 1.807) is 7.11 Å². The molecule has 3 amide bonds. The Bertz CT molecular complexity index is 758. The zero-order valence-corrected chi connectivity index (χ0v) is 15.4. The Kier molecular flexibility index (Phi) is 6.30. The number of rotatable bonds is 8. The molecular weight excluding hydrogens is 342 g/mol. The van der Waals surface area contributed by atoms with Crippen molar-refractivity contribution >= 4 is 11.9 Å². The first-order valence-electron chi connectivity index (χ1n) is 9.14. The third-order valence-electron chi connectivity index (χ3n) is 4.59. The molecule has 0 aliphatic heterocycles. The van der Waals surface area contributed by atoms with E-state index in [1.165, 1.54) is 0 Å². The molecule has 6 heteroatoms. The molecule has 1 fully saturated rings. The highest BCUT2D eigenvalue weighted by molar-refractivity contribution is 5.84. The summed E-state index contributed by atoms with van der Waals surface area (Å²) < 4.78 is 5.18. The predicted molar refractivity (Wildman–Crippen MR) is 103 cm³/mol. The number of carbonyl (C=O) groups is 2. The molecule has 1 atom stereocenters. The molecule has 0 spiro atoms. The first kappa shape index (κ1) is 18.8. The first-order chi connectivity index (χ1) is 13.2. The highest BCUT2D eigenvalue weighted by Gasteiger charge is 2.33. The van der Waals surface area contributed by atoms with Crippen molar-refractivity contribution in [1.29, 1.82) is 0 Å². The number of ether oxygens (including phenoxy) is 1. The minimum atomic E-state index is -0.360. The molecule has 27 heavy (non-hydrogen) atoms. The van der Waals surface area contributed by atoms with Gasteiger partial charge < -0.3 is 20.7 Å². The summed E-state index contributed by atoms with van der Waals surface area (Å²) in [5.74, 6) is 1.04. The molecule has 1 unspecified atom stereocenters. The average Bonchev–Trinajstić information content (AvgIpc) is 3.55. The van der Waals surface area contributed by atoms with E-state index in [2.05, 4.69) is 16.0 Å². The second-order valence-corrected chi connectivity index (χ2v) is 6.68. The Morgan fingerprint density at radius 2 is 1.74 bits per heavy atom. The minimum Gasteiger partial charge on any atom is -0.497 e. The minimum absolute atomic E-state index is 0.0300. The molecule has 2 aromatic rings. The molecule has 0 heterocycles. The van der Waals surface area contributed by atoms with Crippen LogP contribution in [0.3, 0.4) is 0 Å². The topological polar surface area (TPSA) is 79.5 Å². The number of benzene rings is 2. The van der Waals surface area contributed by atoms with E-state index in [0.29, 0.717) is 12.5 Å². The summed E-state index contributed by atoms with van der Waals surface area (Å²) in [5.41, 5.74) is 2.06. The molecular formula is C21H25N3O3. The van der Waals surface area contributed by atoms with Gasteiger partial charge in [0.15, 0.2) is 0 Å². The van der Waals surface area contributed by atoms with Crippen LogP contribution in [0.1, 0.15) is 30.0 Å². The van der Waals surface area contributed by atoms with Crippen LogP contribution in [0.5, 0.6) is 5.75 Å². The Labute approximate surface area is 159 Å². The number of nitrogens with one attached hydrogen (secondary N) is 3. The molecule has 1 saturated carbocycles. The van der Waals surface area contributed by atoms with E-state index < -0.39 is 0 Å². The zero-order valence-electron chi connectivity index (χ0n) is 15.4. The maximum atomic E-state index is 12.3. The number of hydrogen-bond donors (Lipinski definition) is 3. The monoisotopic (exact) mass is 367 g/mol. The van der Waals surface area contributed by atoms with Crippen LogP contribution in [0, 0.1) is 5.92 Å². The van der Waals surface area contributed by atoms with E-state index in [0.717, 1.165) is 29.7 Å². The zero-order chi connectivity index (χ0) is 19.1. The summed E-state index contributed by atoms with van der Waals surface area (Å²) in [6, 6.07) is 17.0. The van der Waals surface area contributed by atoms with E-state index in [4.69, 9.17) is 4.74 Å². The van der Waals surface area contributed by atoms with E-state index in [9.17, 15) is 9.59 Å². The van der Waals surface area contributed by atoms with Crippen molar-refractivity contribution in [2.24, 2.45) is 5.92 Å². The molecule has 6 nitrogen and oxygen atoms in total. The Hall–Kier alpha value is -3.02. The number of urea groups is 1. The van der Waals surface area contributed by atoms with Crippen LogP contribution < -0.4 is 20.7 Å². The van der Waals surface area contributed by atoms with Crippen molar-refractivity contribution in [2.45, 2.75) is 25.4 Å². The van der Waals surface area contributed by atoms with Gasteiger partial charge in [0.1, 0.15) is 5.75 Å². The van der Waals surface area contributed by atoms with Gasteiger partial charge in [-0.1, -0.05) is 42.5 Å². The van der Waals surface area contributed by atoms with Gasteiger partial charge >= 0.3 is 6.03 Å². The standard InChI is InChI=1S/C21H25N3O3/c1-27-18-11-9-17(10-12-18)20(16-7-8-16)24-19(25)14-23-21(26)22-13-15-5-3-2-4-6-15/h2-6,9-12,16,20H,7-8,13-14H2,1H3,(H,24,25)(H2,22,23,26). The normalized spacial score (nSPS) is 14.1. The molecule has 0 bridgehead atoms. The lowest BCUT2D eigenvalue weighted by molar-refractivity contribution is -0.121. The second kappa shape index (κ2) is 9.07. The highest BCUT2D eigenvalue weighted by Crippen LogP contribution is 2.41. The van der Waals surface area contributed by atoms with Gasteiger partial charge in [0.05, 0.1) is 19.7 Å². The van der Waals surface area contributed by atoms with Crippen molar-refractivity contribution in [1.82, 2.24) is 16.0 Å². The first-order valence-corrected chi connectivity index (χ1v) is 9.14. The third kappa shape index (κ3) is 5.74. The lowest BCUT2D eigenvalue weighted by Gasteiger charge is -2.19. The quantitative estimate of drug-likeness (QED) is 0.671. The van der Waals surface area contributed by atoms with Gasteiger partial charge in [-0.15, -0.1) is 0 Å². The van der Waals surface area contributed by atoms with Gasteiger partial charge in [-0.05, 0) is 42.0 Å². The molecule has 3 N–H and O–H groups in total. The Morgan fingerprint density at radius 3 is 2.37 bits per heavy atom. The van der Waals surface area contributed by atoms with Crippen molar-refractivity contribution < 1.29 is 14.3 Å². The molecule has 1 aliphatic rings. The Morgan fingerprint density at radius 1 is 1.04 bits per heavy atom. The van der Waals surface area contributed by atoms with Gasteiger partial charge in [0, 0.05) is 6.54 Å². The van der Waals surface area contributed by atoms with Crippen LogP contribution in [0.2, 0.25) is 0 Å². The van der Waals surface area contributed by atoms with E-state index in [-0.39, 0.29) is 24.5 Å². The summed E-state index contributed by atoms with van der Waals surface area (Å²) in [5, 5.41) is 8.39. The summed E-state index contributed by atoms with van der Waals surface area (Å²) in [6.45, 7) is 0.366. The molecule has 0 aromatic heterocycles. The third-order valence-corrected chi connectivity index (χ3v) is 4.59. The molecule has 3 rings (SSSR count). The van der Waals surface area contributed by atoms with Crippen LogP contribution in [0.15, 0.2) is 54.6 Å². The van der Waals surface area contributed by atoms with E-state index in [1.807, 2.05) is 54.6 Å². The number of amides is 3. The van der Waals surface area contributed by atoms with E-state index >= 15 is 0 Å². The van der Waals surface area contributed by atoms with Gasteiger partial charge in [-0.2, -0.15) is 0 Å². The number of methoxy groups -OCH3 is 1. The van der Waals surface area contributed by atoms with Crippen LogP contribution in [-0.4, -0.2) is 25.6 Å². The summed E-state index contributed by atoms with van der Waals surface area (Å²) >= 11 is 0. The van der Waals surface area contributed by atoms with Crippen LogP contribution in [0.25, 0.3) is 0 Å². The lowest BCUT2D eigenvalue weighted by Crippen LogP contribution is -2.43. The van der Waals surface area contributed by atoms with Crippen molar-refractivity contribution in [3.05, 3.63) is 65.7 Å². The van der Waals surface area contributed by atoms with Crippen molar-refractivity contribution in [3.8, 4) is 5.75 Å². The number of hydrogen-bond acceptors (Lipinski definition) is 3. The fourth-order valence-electron chi connectivity index (χ4n) is 2.94. The Balaban J connectivity index is 1.45.